The summed E-state index contributed by atoms with van der Waals surface area (Å²) in [7, 11) is 0. The van der Waals surface area contributed by atoms with E-state index in [0.29, 0.717) is 17.8 Å². The molecule has 0 aliphatic rings. The summed E-state index contributed by atoms with van der Waals surface area (Å²) in [4.78, 5) is 27.5. The van der Waals surface area contributed by atoms with E-state index in [9.17, 15) is 9.59 Å². The van der Waals surface area contributed by atoms with E-state index in [1.165, 1.54) is 6.20 Å². The Hall–Kier alpha value is -2.70. The van der Waals surface area contributed by atoms with Gasteiger partial charge >= 0.3 is 5.97 Å². The maximum absolute atomic E-state index is 12.1. The molecule has 2 aromatic rings. The van der Waals surface area contributed by atoms with Gasteiger partial charge in [-0.1, -0.05) is 13.3 Å². The molecule has 0 aliphatic heterocycles. The van der Waals surface area contributed by atoms with Gasteiger partial charge in [-0.05, 0) is 38.5 Å². The third kappa shape index (κ3) is 4.18. The first-order valence-electron chi connectivity index (χ1n) is 7.93. The maximum atomic E-state index is 12.1. The number of carboxylic acid groups (broad SMARTS) is 1. The molecule has 0 spiro atoms. The zero-order valence-corrected chi connectivity index (χ0v) is 14.1. The van der Waals surface area contributed by atoms with E-state index < -0.39 is 11.9 Å². The van der Waals surface area contributed by atoms with E-state index in [1.54, 1.807) is 16.8 Å². The number of aryl methyl sites for hydroxylation is 2. The van der Waals surface area contributed by atoms with Crippen LogP contribution >= 0.6 is 0 Å². The van der Waals surface area contributed by atoms with Crippen molar-refractivity contribution in [2.24, 2.45) is 5.92 Å². The van der Waals surface area contributed by atoms with Crippen molar-refractivity contribution in [2.45, 2.75) is 33.6 Å². The highest BCUT2D eigenvalue weighted by Gasteiger charge is 2.18. The van der Waals surface area contributed by atoms with Crippen molar-refractivity contribution in [2.75, 3.05) is 6.54 Å². The third-order valence-electron chi connectivity index (χ3n) is 3.73. The molecule has 0 aromatic carbocycles. The molecule has 0 aliphatic carbocycles. The van der Waals surface area contributed by atoms with E-state index in [1.807, 2.05) is 26.8 Å². The van der Waals surface area contributed by atoms with Crippen molar-refractivity contribution >= 4 is 11.9 Å². The quantitative estimate of drug-likeness (QED) is 0.810. The molecule has 1 unspecified atom stereocenters. The normalized spacial score (nSPS) is 12.0. The average Bonchev–Trinajstić information content (AvgIpc) is 2.89. The van der Waals surface area contributed by atoms with Crippen molar-refractivity contribution < 1.29 is 14.7 Å². The van der Waals surface area contributed by atoms with Gasteiger partial charge in [0.15, 0.2) is 5.82 Å². The molecule has 7 nitrogen and oxygen atoms in total. The highest BCUT2D eigenvalue weighted by molar-refractivity contribution is 5.94. The standard InChI is InChI=1S/C17H22N4O3/c1-4-5-14(17(23)24)10-19-16(22)13-6-7-15(18-9-13)21-12(3)8-11(2)20-21/h6-9,14H,4-5,10H2,1-3H3,(H,19,22)(H,23,24). The second-order valence-corrected chi connectivity index (χ2v) is 5.78. The molecule has 7 heteroatoms. The smallest absolute Gasteiger partial charge is 0.308 e. The number of nitrogens with zero attached hydrogens (tertiary/aromatic N) is 3. The van der Waals surface area contributed by atoms with Crippen LogP contribution in [0.2, 0.25) is 0 Å². The van der Waals surface area contributed by atoms with Crippen LogP contribution in [0.5, 0.6) is 0 Å². The Morgan fingerprint density at radius 3 is 2.58 bits per heavy atom. The predicted molar refractivity (Wildman–Crippen MR) is 89.2 cm³/mol. The SMILES string of the molecule is CCCC(CNC(=O)c1ccc(-n2nc(C)cc2C)nc1)C(=O)O. The molecule has 128 valence electrons. The third-order valence-corrected chi connectivity index (χ3v) is 3.73. The molecular formula is C17H22N4O3. The molecule has 2 N–H and O–H groups in total. The number of carboxylic acids is 1. The van der Waals surface area contributed by atoms with Crippen LogP contribution in [0.15, 0.2) is 24.4 Å². The Balaban J connectivity index is 2.03. The van der Waals surface area contributed by atoms with Gasteiger partial charge in [-0.2, -0.15) is 5.10 Å². The summed E-state index contributed by atoms with van der Waals surface area (Å²) in [5, 5.41) is 16.1. The van der Waals surface area contributed by atoms with Gasteiger partial charge in [0.25, 0.3) is 5.91 Å². The Kier molecular flexibility index (Phi) is 5.68. The molecule has 2 heterocycles. The van der Waals surface area contributed by atoms with Gasteiger partial charge in [0.05, 0.1) is 17.2 Å². The zero-order chi connectivity index (χ0) is 17.7. The fourth-order valence-electron chi connectivity index (χ4n) is 2.49. The van der Waals surface area contributed by atoms with E-state index >= 15 is 0 Å². The summed E-state index contributed by atoms with van der Waals surface area (Å²) in [5.74, 6) is -1.16. The maximum Gasteiger partial charge on any atom is 0.308 e. The van der Waals surface area contributed by atoms with Gasteiger partial charge in [-0.3, -0.25) is 9.59 Å². The summed E-state index contributed by atoms with van der Waals surface area (Å²) < 4.78 is 1.71. The van der Waals surface area contributed by atoms with Crippen LogP contribution in [-0.4, -0.2) is 38.3 Å². The number of aromatic nitrogens is 3. The predicted octanol–water partition coefficient (Wildman–Crippen LogP) is 2.11. The summed E-state index contributed by atoms with van der Waals surface area (Å²) >= 11 is 0. The van der Waals surface area contributed by atoms with Gasteiger partial charge in [0.2, 0.25) is 0 Å². The van der Waals surface area contributed by atoms with E-state index in [0.717, 1.165) is 17.8 Å². The van der Waals surface area contributed by atoms with E-state index in [2.05, 4.69) is 15.4 Å². The number of carbonyl (C=O) groups is 2. The van der Waals surface area contributed by atoms with Crippen molar-refractivity contribution in [3.8, 4) is 5.82 Å². The van der Waals surface area contributed by atoms with Crippen LogP contribution < -0.4 is 5.32 Å². The summed E-state index contributed by atoms with van der Waals surface area (Å²) in [6.45, 7) is 5.86. The second kappa shape index (κ2) is 7.72. The van der Waals surface area contributed by atoms with Crippen LogP contribution in [0.3, 0.4) is 0 Å². The molecule has 1 amide bonds. The fraction of sp³-hybridized carbons (Fsp3) is 0.412. The Morgan fingerprint density at radius 1 is 1.33 bits per heavy atom. The lowest BCUT2D eigenvalue weighted by Crippen LogP contribution is -2.33. The topological polar surface area (TPSA) is 97.1 Å². The van der Waals surface area contributed by atoms with Crippen molar-refractivity contribution in [1.82, 2.24) is 20.1 Å². The number of nitrogens with one attached hydrogen (secondary N) is 1. The van der Waals surface area contributed by atoms with Gasteiger partial charge in [0, 0.05) is 18.4 Å². The minimum absolute atomic E-state index is 0.112. The van der Waals surface area contributed by atoms with Gasteiger partial charge in [-0.25, -0.2) is 9.67 Å². The molecular weight excluding hydrogens is 308 g/mol. The fourth-order valence-corrected chi connectivity index (χ4v) is 2.49. The molecule has 2 rings (SSSR count). The van der Waals surface area contributed by atoms with Crippen LogP contribution in [0, 0.1) is 19.8 Å². The number of pyridine rings is 1. The molecule has 24 heavy (non-hydrogen) atoms. The number of hydrogen-bond acceptors (Lipinski definition) is 4. The summed E-state index contributed by atoms with van der Waals surface area (Å²) in [6, 6.07) is 5.32. The molecule has 0 saturated heterocycles. The summed E-state index contributed by atoms with van der Waals surface area (Å²) in [5.41, 5.74) is 2.24. The molecule has 0 fully saturated rings. The van der Waals surface area contributed by atoms with E-state index in [-0.39, 0.29) is 12.5 Å². The van der Waals surface area contributed by atoms with Crippen molar-refractivity contribution in [1.29, 1.82) is 0 Å². The highest BCUT2D eigenvalue weighted by Crippen LogP contribution is 2.11. The molecule has 1 atom stereocenters. The van der Waals surface area contributed by atoms with E-state index in [4.69, 9.17) is 5.11 Å². The number of rotatable bonds is 7. The Morgan fingerprint density at radius 2 is 2.08 bits per heavy atom. The monoisotopic (exact) mass is 330 g/mol. The van der Waals surface area contributed by atoms with Crippen molar-refractivity contribution in [3.05, 3.63) is 41.3 Å². The Bertz CT molecular complexity index is 722. The van der Waals surface area contributed by atoms with Gasteiger partial charge in [0.1, 0.15) is 0 Å². The number of aliphatic carboxylic acids is 1. The summed E-state index contributed by atoms with van der Waals surface area (Å²) in [6.07, 6.45) is 2.76. The second-order valence-electron chi connectivity index (χ2n) is 5.78. The first kappa shape index (κ1) is 17.7. The minimum Gasteiger partial charge on any atom is -0.481 e. The number of hydrogen-bond donors (Lipinski definition) is 2. The highest BCUT2D eigenvalue weighted by atomic mass is 16.4. The first-order chi connectivity index (χ1) is 11.4. The van der Waals surface area contributed by atoms with Gasteiger partial charge in [-0.15, -0.1) is 0 Å². The molecule has 0 bridgehead atoms. The van der Waals surface area contributed by atoms with Crippen LogP contribution in [0.4, 0.5) is 0 Å². The van der Waals surface area contributed by atoms with Crippen LogP contribution in [0.25, 0.3) is 5.82 Å². The zero-order valence-electron chi connectivity index (χ0n) is 14.1. The molecule has 0 saturated carbocycles. The average molecular weight is 330 g/mol. The van der Waals surface area contributed by atoms with Crippen LogP contribution in [-0.2, 0) is 4.79 Å². The Labute approximate surface area is 140 Å². The van der Waals surface area contributed by atoms with Gasteiger partial charge < -0.3 is 10.4 Å². The lowest BCUT2D eigenvalue weighted by molar-refractivity contribution is -0.141. The molecule has 0 radical (unpaired) electrons. The minimum atomic E-state index is -0.893. The largest absolute Gasteiger partial charge is 0.481 e. The lowest BCUT2D eigenvalue weighted by Gasteiger charge is -2.12. The molecule has 2 aromatic heterocycles. The lowest BCUT2D eigenvalue weighted by atomic mass is 10.0. The number of amides is 1. The number of carbonyl (C=O) groups excluding carboxylic acids is 1. The van der Waals surface area contributed by atoms with Crippen LogP contribution in [0.1, 0.15) is 41.5 Å². The first-order valence-corrected chi connectivity index (χ1v) is 7.93. The van der Waals surface area contributed by atoms with Crippen molar-refractivity contribution in [3.63, 3.8) is 0 Å².